The number of terminal acetylenes is 1. The minimum absolute atomic E-state index is 0. The van der Waals surface area contributed by atoms with Gasteiger partial charge < -0.3 is 9.47 Å². The largest absolute Gasteiger partial charge is 0.491 e. The lowest BCUT2D eigenvalue weighted by atomic mass is 10.1. The number of benzene rings is 2. The van der Waals surface area contributed by atoms with E-state index in [2.05, 4.69) is 43.4 Å². The van der Waals surface area contributed by atoms with Crippen molar-refractivity contribution in [2.24, 2.45) is 0 Å². The van der Waals surface area contributed by atoms with Gasteiger partial charge in [0.05, 0.1) is 11.7 Å². The Bertz CT molecular complexity index is 992. The van der Waals surface area contributed by atoms with Crippen molar-refractivity contribution in [2.75, 3.05) is 0 Å². The van der Waals surface area contributed by atoms with Crippen molar-refractivity contribution in [3.8, 4) is 47.5 Å². The van der Waals surface area contributed by atoms with Crippen molar-refractivity contribution in [1.29, 1.82) is 0 Å². The number of unbranched alkanes of at least 4 members (excludes halogenated alkanes) is 3. The lowest BCUT2D eigenvalue weighted by Gasteiger charge is -2.14. The molecule has 0 aliphatic heterocycles. The number of hydrogen-bond acceptors (Lipinski definition) is 3. The van der Waals surface area contributed by atoms with Crippen molar-refractivity contribution in [2.45, 2.75) is 52.1 Å². The lowest BCUT2D eigenvalue weighted by Crippen LogP contribution is -2.12. The summed E-state index contributed by atoms with van der Waals surface area (Å²) in [7, 11) is 0. The monoisotopic (exact) mass is 408 g/mol. The molecule has 30 heavy (non-hydrogen) atoms. The minimum atomic E-state index is -0.423. The third-order valence-corrected chi connectivity index (χ3v) is 4.36. The molecule has 0 radical (unpaired) electrons. The second-order valence-electron chi connectivity index (χ2n) is 6.86. The van der Waals surface area contributed by atoms with Crippen LogP contribution in [0, 0.1) is 36.0 Å². The van der Waals surface area contributed by atoms with Crippen LogP contribution in [0.4, 0.5) is 0 Å². The quantitative estimate of drug-likeness (QED) is 0.197. The fourth-order valence-corrected chi connectivity index (χ4v) is 2.76. The second kappa shape index (κ2) is 12.8. The molecule has 3 heteroatoms. The van der Waals surface area contributed by atoms with Crippen molar-refractivity contribution in [3.05, 3.63) is 59.7 Å². The van der Waals surface area contributed by atoms with Crippen molar-refractivity contribution >= 4 is 5.97 Å². The first-order valence-electron chi connectivity index (χ1n) is 10.2. The minimum Gasteiger partial charge on any atom is -0.491 e. The Balaban J connectivity index is -0.000000961. The summed E-state index contributed by atoms with van der Waals surface area (Å²) in [6.07, 6.45) is 11.1. The number of ether oxygens (including phenoxy) is 2. The molecule has 0 saturated heterocycles. The molecule has 1 atom stereocenters. The third-order valence-electron chi connectivity index (χ3n) is 4.36. The summed E-state index contributed by atoms with van der Waals surface area (Å²) < 4.78 is 11.3. The first-order chi connectivity index (χ1) is 14.6. The summed E-state index contributed by atoms with van der Waals surface area (Å²) >= 11 is 0. The highest BCUT2D eigenvalue weighted by molar-refractivity contribution is 5.91. The molecule has 0 N–H and O–H groups in total. The van der Waals surface area contributed by atoms with Gasteiger partial charge >= 0.3 is 5.97 Å². The zero-order valence-corrected chi connectivity index (χ0v) is 17.5. The molecule has 0 saturated carbocycles. The topological polar surface area (TPSA) is 35.5 Å². The van der Waals surface area contributed by atoms with Crippen LogP contribution in [0.3, 0.4) is 0 Å². The summed E-state index contributed by atoms with van der Waals surface area (Å²) in [6.45, 7) is 4.28. The highest BCUT2D eigenvalue weighted by Crippen LogP contribution is 2.18. The van der Waals surface area contributed by atoms with E-state index >= 15 is 0 Å². The van der Waals surface area contributed by atoms with E-state index in [-0.39, 0.29) is 13.2 Å². The van der Waals surface area contributed by atoms with E-state index < -0.39 is 5.97 Å². The molecule has 0 amide bonds. The normalized spacial score (nSPS) is 10.4. The Morgan fingerprint density at radius 1 is 0.967 bits per heavy atom. The molecule has 0 heterocycles. The summed E-state index contributed by atoms with van der Waals surface area (Å²) in [4.78, 5) is 12.4. The van der Waals surface area contributed by atoms with Crippen LogP contribution in [0.1, 0.15) is 69.0 Å². The number of carbonyl (C=O) groups is 1. The molecule has 3 nitrogen and oxygen atoms in total. The average Bonchev–Trinajstić information content (AvgIpc) is 2.76. The molecule has 0 aliphatic carbocycles. The van der Waals surface area contributed by atoms with Crippen molar-refractivity contribution < 1.29 is 21.4 Å². The standard InChI is InChI=1S/C27H26O3.5H2/c1-4-6-8-10-12-22(3)29-25-20-16-24(17-21-25)27(28)30-26-18-14-23(15-19-26)13-11-9-7-5-2;;;;;/h2,14-22H,4,6,8,10,12H2,1,3H3;5*1H. The maximum absolute atomic E-state index is 12.4. The van der Waals surface area contributed by atoms with Gasteiger partial charge in [0.15, 0.2) is 0 Å². The summed E-state index contributed by atoms with van der Waals surface area (Å²) in [5.41, 5.74) is 1.22. The van der Waals surface area contributed by atoms with E-state index in [9.17, 15) is 4.79 Å². The van der Waals surface area contributed by atoms with Crippen LogP contribution in [0.15, 0.2) is 48.5 Å². The molecule has 162 valence electrons. The van der Waals surface area contributed by atoms with Gasteiger partial charge in [-0.05, 0) is 92.0 Å². The van der Waals surface area contributed by atoms with E-state index in [1.807, 2.05) is 0 Å². The van der Waals surface area contributed by atoms with E-state index in [0.717, 1.165) is 17.7 Å². The predicted octanol–water partition coefficient (Wildman–Crippen LogP) is 6.86. The number of carbonyl (C=O) groups excluding carboxylic acids is 1. The predicted molar refractivity (Wildman–Crippen MR) is 131 cm³/mol. The highest BCUT2D eigenvalue weighted by Gasteiger charge is 2.10. The third kappa shape index (κ3) is 8.18. The van der Waals surface area contributed by atoms with Crippen LogP contribution in [0.2, 0.25) is 0 Å². The zero-order valence-electron chi connectivity index (χ0n) is 17.5. The summed E-state index contributed by atoms with van der Waals surface area (Å²) in [6, 6.07) is 13.9. The van der Waals surface area contributed by atoms with Crippen molar-refractivity contribution in [3.63, 3.8) is 0 Å². The molecule has 0 fully saturated rings. The number of hydrogen-bond donors (Lipinski definition) is 0. The molecule has 0 aromatic heterocycles. The van der Waals surface area contributed by atoms with Gasteiger partial charge in [-0.15, -0.1) is 6.42 Å². The van der Waals surface area contributed by atoms with Gasteiger partial charge in [0, 0.05) is 12.7 Å². The number of esters is 1. The van der Waals surface area contributed by atoms with E-state index in [0.29, 0.717) is 11.3 Å². The summed E-state index contributed by atoms with van der Waals surface area (Å²) in [5.74, 6) is 13.5. The van der Waals surface area contributed by atoms with Gasteiger partial charge in [-0.3, -0.25) is 0 Å². The van der Waals surface area contributed by atoms with Gasteiger partial charge in [0.25, 0.3) is 0 Å². The Hall–Kier alpha value is -3.61. The highest BCUT2D eigenvalue weighted by atomic mass is 16.5. The first-order valence-corrected chi connectivity index (χ1v) is 10.2. The van der Waals surface area contributed by atoms with E-state index in [4.69, 9.17) is 15.9 Å². The van der Waals surface area contributed by atoms with Gasteiger partial charge in [0.2, 0.25) is 0 Å². The maximum Gasteiger partial charge on any atom is 0.343 e. The van der Waals surface area contributed by atoms with Crippen LogP contribution >= 0.6 is 0 Å². The molecule has 0 bridgehead atoms. The maximum atomic E-state index is 12.4. The Kier molecular flexibility index (Phi) is 9.65. The Labute approximate surface area is 187 Å². The molecular formula is C27H36O3. The molecule has 2 rings (SSSR count). The zero-order chi connectivity index (χ0) is 21.6. The fourth-order valence-electron chi connectivity index (χ4n) is 2.76. The Morgan fingerprint density at radius 2 is 1.67 bits per heavy atom. The smallest absolute Gasteiger partial charge is 0.343 e. The van der Waals surface area contributed by atoms with E-state index in [1.165, 1.54) is 25.7 Å². The number of rotatable bonds is 9. The molecule has 0 aliphatic rings. The first kappa shape index (κ1) is 22.7. The van der Waals surface area contributed by atoms with Gasteiger partial charge in [-0.25, -0.2) is 4.79 Å². The fraction of sp³-hybridized carbons (Fsp3) is 0.296. The molecule has 2 aromatic rings. The Morgan fingerprint density at radius 3 is 2.33 bits per heavy atom. The van der Waals surface area contributed by atoms with Crippen LogP contribution in [-0.2, 0) is 0 Å². The second-order valence-corrected chi connectivity index (χ2v) is 6.86. The van der Waals surface area contributed by atoms with Crippen LogP contribution in [-0.4, -0.2) is 12.1 Å². The van der Waals surface area contributed by atoms with Crippen LogP contribution in [0.5, 0.6) is 11.5 Å². The summed E-state index contributed by atoms with van der Waals surface area (Å²) in [5, 5.41) is 0. The van der Waals surface area contributed by atoms with Gasteiger partial charge in [-0.2, -0.15) is 0 Å². The molecule has 2 aromatic carbocycles. The van der Waals surface area contributed by atoms with E-state index in [1.54, 1.807) is 48.5 Å². The lowest BCUT2D eigenvalue weighted by molar-refractivity contribution is 0.0734. The molecule has 1 unspecified atom stereocenters. The van der Waals surface area contributed by atoms with Gasteiger partial charge in [-0.1, -0.05) is 32.1 Å². The van der Waals surface area contributed by atoms with Crippen LogP contribution < -0.4 is 9.47 Å². The SMILES string of the molecule is C#CC#CC#Cc1ccc(OC(=O)c2ccc(OC(C)CCCCCC)cc2)cc1.[HH].[HH].[HH].[HH].[HH]. The van der Waals surface area contributed by atoms with Gasteiger partial charge in [0.1, 0.15) is 11.5 Å². The average molecular weight is 409 g/mol. The molecule has 0 spiro atoms. The van der Waals surface area contributed by atoms with Crippen molar-refractivity contribution in [1.82, 2.24) is 0 Å². The van der Waals surface area contributed by atoms with Crippen LogP contribution in [0.25, 0.3) is 0 Å². The molecular weight excluding hydrogens is 372 g/mol.